The normalized spacial score (nSPS) is 14.5. The highest BCUT2D eigenvalue weighted by atomic mass is 14.7. The van der Waals surface area contributed by atoms with Gasteiger partial charge in [0.15, 0.2) is 0 Å². The second kappa shape index (κ2) is 8.54. The van der Waals surface area contributed by atoms with Crippen LogP contribution in [0.4, 0.5) is 0 Å². The Hall–Kier alpha value is -0.720. The van der Waals surface area contributed by atoms with Gasteiger partial charge in [-0.05, 0) is 56.6 Å². The van der Waals surface area contributed by atoms with E-state index in [0.29, 0.717) is 0 Å². The number of unbranched alkanes of at least 4 members (excludes halogenated alkanes) is 7. The van der Waals surface area contributed by atoms with Crippen molar-refractivity contribution in [3.8, 4) is 0 Å². The summed E-state index contributed by atoms with van der Waals surface area (Å²) in [6.45, 7) is 4.62. The van der Waals surface area contributed by atoms with E-state index in [1.54, 1.807) is 22.5 Å². The maximum Gasteiger partial charge on any atom is 0.0184 e. The van der Waals surface area contributed by atoms with Gasteiger partial charge in [0.1, 0.15) is 0 Å². The maximum absolute atomic E-state index is 3.72. The van der Waals surface area contributed by atoms with Crippen molar-refractivity contribution in [1.82, 2.24) is 4.98 Å². The molecule has 0 aromatic carbocycles. The first kappa shape index (κ1) is 15.7. The highest BCUT2D eigenvalue weighted by Crippen LogP contribution is 2.27. The molecule has 0 saturated heterocycles. The van der Waals surface area contributed by atoms with Crippen molar-refractivity contribution in [1.29, 1.82) is 0 Å². The largest absolute Gasteiger partial charge is 0.362 e. The van der Waals surface area contributed by atoms with Crippen LogP contribution in [0.2, 0.25) is 0 Å². The van der Waals surface area contributed by atoms with E-state index in [0.717, 1.165) is 0 Å². The highest BCUT2D eigenvalue weighted by molar-refractivity contribution is 5.37. The molecule has 1 heteroatoms. The molecule has 1 heterocycles. The zero-order valence-electron chi connectivity index (χ0n) is 13.7. The Balaban J connectivity index is 1.63. The Kier molecular flexibility index (Phi) is 6.69. The quantitative estimate of drug-likeness (QED) is 0.541. The molecule has 1 N–H and O–H groups in total. The van der Waals surface area contributed by atoms with Crippen LogP contribution in [0, 0.1) is 6.92 Å². The van der Waals surface area contributed by atoms with E-state index in [1.807, 2.05) is 0 Å². The smallest absolute Gasteiger partial charge is 0.0184 e. The zero-order valence-corrected chi connectivity index (χ0v) is 13.7. The Labute approximate surface area is 125 Å². The molecule has 2 rings (SSSR count). The third-order valence-corrected chi connectivity index (χ3v) is 4.96. The molecule has 1 aliphatic rings. The van der Waals surface area contributed by atoms with Crippen molar-refractivity contribution in [3.05, 3.63) is 22.5 Å². The molecule has 1 aromatic heterocycles. The fraction of sp³-hybridized carbons (Fsp3) is 0.789. The molecule has 0 fully saturated rings. The van der Waals surface area contributed by atoms with Gasteiger partial charge in [0.25, 0.3) is 0 Å². The first-order valence-electron chi connectivity index (χ1n) is 9.02. The summed E-state index contributed by atoms with van der Waals surface area (Å²) in [5.74, 6) is 0. The van der Waals surface area contributed by atoms with E-state index in [4.69, 9.17) is 0 Å². The van der Waals surface area contributed by atoms with Crippen molar-refractivity contribution < 1.29 is 0 Å². The minimum atomic E-state index is 1.27. The van der Waals surface area contributed by atoms with Crippen LogP contribution in [0.25, 0.3) is 0 Å². The zero-order chi connectivity index (χ0) is 14.2. The van der Waals surface area contributed by atoms with Crippen LogP contribution in [-0.2, 0) is 19.3 Å². The minimum absolute atomic E-state index is 1.27. The summed E-state index contributed by atoms with van der Waals surface area (Å²) in [5.41, 5.74) is 6.35. The van der Waals surface area contributed by atoms with Crippen molar-refractivity contribution in [2.75, 3.05) is 0 Å². The Morgan fingerprint density at radius 3 is 2.20 bits per heavy atom. The van der Waals surface area contributed by atoms with Crippen molar-refractivity contribution in [2.45, 2.75) is 97.3 Å². The number of hydrogen-bond donors (Lipinski definition) is 1. The summed E-state index contributed by atoms with van der Waals surface area (Å²) < 4.78 is 0. The molecule has 0 spiro atoms. The lowest BCUT2D eigenvalue weighted by atomic mass is 9.94. The summed E-state index contributed by atoms with van der Waals surface area (Å²) in [5, 5.41) is 0. The van der Waals surface area contributed by atoms with Gasteiger partial charge in [0, 0.05) is 11.4 Å². The predicted octanol–water partition coefficient (Wildman–Crippen LogP) is 5.89. The van der Waals surface area contributed by atoms with Gasteiger partial charge < -0.3 is 4.98 Å². The van der Waals surface area contributed by atoms with Gasteiger partial charge in [-0.1, -0.05) is 51.9 Å². The Bertz CT molecular complexity index is 389. The lowest BCUT2D eigenvalue weighted by Gasteiger charge is -2.10. The van der Waals surface area contributed by atoms with Crippen LogP contribution in [0.15, 0.2) is 0 Å². The molecule has 0 unspecified atom stereocenters. The van der Waals surface area contributed by atoms with Crippen LogP contribution in [0.3, 0.4) is 0 Å². The third-order valence-electron chi connectivity index (χ3n) is 4.96. The van der Waals surface area contributed by atoms with Gasteiger partial charge >= 0.3 is 0 Å². The monoisotopic (exact) mass is 275 g/mol. The average Bonchev–Trinajstić information content (AvgIpc) is 2.79. The van der Waals surface area contributed by atoms with Crippen LogP contribution >= 0.6 is 0 Å². The third kappa shape index (κ3) is 4.40. The van der Waals surface area contributed by atoms with E-state index in [2.05, 4.69) is 18.8 Å². The molecule has 0 saturated carbocycles. The lowest BCUT2D eigenvalue weighted by molar-refractivity contribution is 0.574. The number of fused-ring (bicyclic) bond motifs is 1. The van der Waals surface area contributed by atoms with Crippen LogP contribution in [0.1, 0.15) is 93.6 Å². The number of aromatic amines is 1. The van der Waals surface area contributed by atoms with E-state index >= 15 is 0 Å². The SMILES string of the molecule is CCCCCCCCCCc1[nH]c2c(c1C)CCCC2. The summed E-state index contributed by atoms with van der Waals surface area (Å²) in [7, 11) is 0. The van der Waals surface area contributed by atoms with Gasteiger partial charge in [0.05, 0.1) is 0 Å². The number of H-pyrrole nitrogens is 1. The first-order chi connectivity index (χ1) is 9.83. The minimum Gasteiger partial charge on any atom is -0.362 e. The number of aryl methyl sites for hydroxylation is 2. The van der Waals surface area contributed by atoms with Gasteiger partial charge in [0.2, 0.25) is 0 Å². The van der Waals surface area contributed by atoms with Gasteiger partial charge in [-0.15, -0.1) is 0 Å². The standard InChI is InChI=1S/C19H33N/c1-3-4-5-6-7-8-9-10-14-18-16(2)17-13-11-12-15-19(17)20-18/h20H,3-15H2,1-2H3. The second-order valence-corrected chi connectivity index (χ2v) is 6.62. The fourth-order valence-corrected chi connectivity index (χ4v) is 3.60. The molecule has 0 radical (unpaired) electrons. The molecule has 114 valence electrons. The second-order valence-electron chi connectivity index (χ2n) is 6.62. The summed E-state index contributed by atoms with van der Waals surface area (Å²) in [6, 6.07) is 0. The topological polar surface area (TPSA) is 15.8 Å². The van der Waals surface area contributed by atoms with Crippen molar-refractivity contribution in [2.24, 2.45) is 0 Å². The van der Waals surface area contributed by atoms with Gasteiger partial charge in [-0.2, -0.15) is 0 Å². The van der Waals surface area contributed by atoms with E-state index in [-0.39, 0.29) is 0 Å². The fourth-order valence-electron chi connectivity index (χ4n) is 3.60. The van der Waals surface area contributed by atoms with E-state index < -0.39 is 0 Å². The predicted molar refractivity (Wildman–Crippen MR) is 88.5 cm³/mol. The van der Waals surface area contributed by atoms with Crippen molar-refractivity contribution >= 4 is 0 Å². The summed E-state index contributed by atoms with van der Waals surface area (Å²) in [6.07, 6.45) is 18.0. The molecule has 0 aliphatic heterocycles. The Morgan fingerprint density at radius 2 is 1.50 bits per heavy atom. The maximum atomic E-state index is 3.72. The summed E-state index contributed by atoms with van der Waals surface area (Å²) >= 11 is 0. The van der Waals surface area contributed by atoms with Crippen LogP contribution in [0.5, 0.6) is 0 Å². The van der Waals surface area contributed by atoms with E-state index in [9.17, 15) is 0 Å². The Morgan fingerprint density at radius 1 is 0.850 bits per heavy atom. The molecule has 0 atom stereocenters. The van der Waals surface area contributed by atoms with Crippen LogP contribution in [-0.4, -0.2) is 4.98 Å². The molecular weight excluding hydrogens is 242 g/mol. The number of nitrogens with one attached hydrogen (secondary N) is 1. The highest BCUT2D eigenvalue weighted by Gasteiger charge is 2.16. The van der Waals surface area contributed by atoms with E-state index in [1.165, 1.54) is 83.5 Å². The van der Waals surface area contributed by atoms with Crippen molar-refractivity contribution in [3.63, 3.8) is 0 Å². The molecule has 1 aromatic rings. The first-order valence-corrected chi connectivity index (χ1v) is 9.02. The van der Waals surface area contributed by atoms with Gasteiger partial charge in [-0.25, -0.2) is 0 Å². The van der Waals surface area contributed by atoms with Gasteiger partial charge in [-0.3, -0.25) is 0 Å². The number of aromatic nitrogens is 1. The molecule has 1 aliphatic carbocycles. The molecule has 0 bridgehead atoms. The number of rotatable bonds is 9. The molecule has 20 heavy (non-hydrogen) atoms. The summed E-state index contributed by atoms with van der Waals surface area (Å²) in [4.78, 5) is 3.72. The molecule has 0 amide bonds. The average molecular weight is 275 g/mol. The molecule has 1 nitrogen and oxygen atoms in total. The number of hydrogen-bond acceptors (Lipinski definition) is 0. The lowest BCUT2D eigenvalue weighted by Crippen LogP contribution is -2.00. The molecular formula is C19H33N. The van der Waals surface area contributed by atoms with Crippen LogP contribution < -0.4 is 0 Å².